The lowest BCUT2D eigenvalue weighted by Gasteiger charge is -2.21. The van der Waals surface area contributed by atoms with E-state index in [1.165, 1.54) is 6.07 Å². The molecule has 0 aliphatic rings. The summed E-state index contributed by atoms with van der Waals surface area (Å²) in [6.07, 6.45) is 0.842. The molecule has 2 atom stereocenters. The van der Waals surface area contributed by atoms with Gasteiger partial charge in [0.1, 0.15) is 11.6 Å². The van der Waals surface area contributed by atoms with Crippen molar-refractivity contribution in [1.82, 2.24) is 0 Å². The molecule has 1 rings (SSSR count). The van der Waals surface area contributed by atoms with E-state index in [1.807, 2.05) is 20.8 Å². The molecule has 0 spiro atoms. The third-order valence-corrected chi connectivity index (χ3v) is 3.85. The molecule has 0 saturated heterocycles. The molecule has 0 fully saturated rings. The zero-order valence-electron chi connectivity index (χ0n) is 11.0. The van der Waals surface area contributed by atoms with Crippen molar-refractivity contribution in [2.24, 2.45) is 5.92 Å². The molecule has 0 aromatic heterocycles. The van der Waals surface area contributed by atoms with Crippen molar-refractivity contribution < 1.29 is 14.2 Å². The maximum absolute atomic E-state index is 13.9. The Morgan fingerprint density at radius 2 is 2.06 bits per heavy atom. The van der Waals surface area contributed by atoms with Crippen molar-refractivity contribution in [2.45, 2.75) is 39.7 Å². The minimum atomic E-state index is -0.824. The molecule has 0 bridgehead atoms. The summed E-state index contributed by atoms with van der Waals surface area (Å²) in [6.45, 7) is 6.45. The highest BCUT2D eigenvalue weighted by atomic mass is 79.9. The summed E-state index contributed by atoms with van der Waals surface area (Å²) in [6, 6.07) is 2.93. The summed E-state index contributed by atoms with van der Waals surface area (Å²) in [7, 11) is 0. The van der Waals surface area contributed by atoms with E-state index in [-0.39, 0.29) is 11.5 Å². The van der Waals surface area contributed by atoms with Crippen LogP contribution < -0.4 is 4.74 Å². The Balaban J connectivity index is 3.09. The van der Waals surface area contributed by atoms with E-state index in [0.717, 1.165) is 12.8 Å². The topological polar surface area (TPSA) is 29.5 Å². The third-order valence-electron chi connectivity index (χ3n) is 3.03. The number of rotatable bonds is 6. The first-order valence-corrected chi connectivity index (χ1v) is 7.10. The van der Waals surface area contributed by atoms with Gasteiger partial charge in [-0.1, -0.05) is 27.2 Å². The molecule has 0 saturated carbocycles. The lowest BCUT2D eigenvalue weighted by atomic mass is 9.95. The Labute approximate surface area is 116 Å². The molecule has 0 aliphatic heterocycles. The first kappa shape index (κ1) is 15.4. The van der Waals surface area contributed by atoms with Crippen molar-refractivity contribution >= 4 is 15.9 Å². The second-order valence-electron chi connectivity index (χ2n) is 4.45. The van der Waals surface area contributed by atoms with Crippen molar-refractivity contribution in [3.63, 3.8) is 0 Å². The van der Waals surface area contributed by atoms with Crippen molar-refractivity contribution in [3.05, 3.63) is 28.0 Å². The lowest BCUT2D eigenvalue weighted by molar-refractivity contribution is 0.110. The Morgan fingerprint density at radius 1 is 1.39 bits per heavy atom. The van der Waals surface area contributed by atoms with Crippen LogP contribution in [0.4, 0.5) is 4.39 Å². The zero-order chi connectivity index (χ0) is 13.7. The van der Waals surface area contributed by atoms with Gasteiger partial charge >= 0.3 is 0 Å². The van der Waals surface area contributed by atoms with Gasteiger partial charge in [-0.25, -0.2) is 4.39 Å². The summed E-state index contributed by atoms with van der Waals surface area (Å²) in [5, 5.41) is 10.2. The van der Waals surface area contributed by atoms with Crippen molar-refractivity contribution in [1.29, 1.82) is 0 Å². The minimum Gasteiger partial charge on any atom is -0.492 e. The molecule has 0 radical (unpaired) electrons. The number of aliphatic hydroxyl groups excluding tert-OH is 1. The first-order valence-electron chi connectivity index (χ1n) is 6.31. The van der Waals surface area contributed by atoms with Gasteiger partial charge in [0.15, 0.2) is 0 Å². The van der Waals surface area contributed by atoms with Gasteiger partial charge in [0.25, 0.3) is 0 Å². The molecular formula is C14H20BrFO2. The van der Waals surface area contributed by atoms with Crippen LogP contribution in [0, 0.1) is 11.7 Å². The van der Waals surface area contributed by atoms with Crippen molar-refractivity contribution in [2.75, 3.05) is 6.61 Å². The summed E-state index contributed by atoms with van der Waals surface area (Å²) >= 11 is 3.34. The molecule has 0 aliphatic carbocycles. The summed E-state index contributed by atoms with van der Waals surface area (Å²) in [5.74, 6) is 0.173. The fourth-order valence-corrected chi connectivity index (χ4v) is 2.32. The molecule has 0 heterocycles. The van der Waals surface area contributed by atoms with Crippen LogP contribution in [0.1, 0.15) is 45.3 Å². The number of ether oxygens (including phenoxy) is 1. The van der Waals surface area contributed by atoms with Crippen LogP contribution in [0.15, 0.2) is 16.6 Å². The van der Waals surface area contributed by atoms with E-state index < -0.39 is 11.9 Å². The molecule has 0 amide bonds. The minimum absolute atomic E-state index is 0.00257. The van der Waals surface area contributed by atoms with E-state index in [4.69, 9.17) is 4.74 Å². The van der Waals surface area contributed by atoms with E-state index in [0.29, 0.717) is 16.8 Å². The number of benzene rings is 1. The van der Waals surface area contributed by atoms with Crippen LogP contribution in [-0.4, -0.2) is 11.7 Å². The Kier molecular flexibility index (Phi) is 6.09. The molecule has 2 unspecified atom stereocenters. The highest BCUT2D eigenvalue weighted by Gasteiger charge is 2.23. The number of aliphatic hydroxyl groups is 1. The van der Waals surface area contributed by atoms with Gasteiger partial charge < -0.3 is 9.84 Å². The van der Waals surface area contributed by atoms with Gasteiger partial charge in [0.05, 0.1) is 17.2 Å². The van der Waals surface area contributed by atoms with Crippen LogP contribution in [0.5, 0.6) is 5.75 Å². The fourth-order valence-electron chi connectivity index (χ4n) is 1.65. The Bertz CT molecular complexity index is 396. The molecule has 4 heteroatoms. The smallest absolute Gasteiger partial charge is 0.134 e. The van der Waals surface area contributed by atoms with E-state index in [9.17, 15) is 9.50 Å². The SMILES string of the molecule is CCCOc1ccc(F)c(C(O)C(C)CC)c1Br. The van der Waals surface area contributed by atoms with E-state index >= 15 is 0 Å². The Hall–Kier alpha value is -0.610. The second-order valence-corrected chi connectivity index (χ2v) is 5.25. The number of hydrogen-bond acceptors (Lipinski definition) is 2. The predicted molar refractivity (Wildman–Crippen MR) is 74.3 cm³/mol. The highest BCUT2D eigenvalue weighted by Crippen LogP contribution is 2.37. The maximum Gasteiger partial charge on any atom is 0.134 e. The molecule has 18 heavy (non-hydrogen) atoms. The first-order chi connectivity index (χ1) is 8.52. The van der Waals surface area contributed by atoms with Crippen LogP contribution in [0.2, 0.25) is 0 Å². The average Bonchev–Trinajstić information content (AvgIpc) is 2.36. The third kappa shape index (κ3) is 3.45. The molecule has 1 N–H and O–H groups in total. The lowest BCUT2D eigenvalue weighted by Crippen LogP contribution is -2.11. The molecular weight excluding hydrogens is 299 g/mol. The normalized spacial score (nSPS) is 14.3. The van der Waals surface area contributed by atoms with Gasteiger partial charge in [0.2, 0.25) is 0 Å². The fraction of sp³-hybridized carbons (Fsp3) is 0.571. The summed E-state index contributed by atoms with van der Waals surface area (Å²) < 4.78 is 19.9. The van der Waals surface area contributed by atoms with Gasteiger partial charge in [-0.2, -0.15) is 0 Å². The van der Waals surface area contributed by atoms with Gasteiger partial charge in [-0.05, 0) is 40.4 Å². The van der Waals surface area contributed by atoms with Gasteiger partial charge in [-0.3, -0.25) is 0 Å². The monoisotopic (exact) mass is 318 g/mol. The molecule has 102 valence electrons. The van der Waals surface area contributed by atoms with Gasteiger partial charge in [0, 0.05) is 5.56 Å². The van der Waals surface area contributed by atoms with Crippen LogP contribution >= 0.6 is 15.9 Å². The summed E-state index contributed by atoms with van der Waals surface area (Å²) in [4.78, 5) is 0. The van der Waals surface area contributed by atoms with Crippen LogP contribution in [0.25, 0.3) is 0 Å². The van der Waals surface area contributed by atoms with Crippen LogP contribution in [0.3, 0.4) is 0 Å². The largest absolute Gasteiger partial charge is 0.492 e. The standard InChI is InChI=1S/C14H20BrFO2/c1-4-8-18-11-7-6-10(16)12(13(11)15)14(17)9(3)5-2/h6-7,9,14,17H,4-5,8H2,1-3H3. The Morgan fingerprint density at radius 3 is 2.61 bits per heavy atom. The van der Waals surface area contributed by atoms with Gasteiger partial charge in [-0.15, -0.1) is 0 Å². The second kappa shape index (κ2) is 7.10. The molecule has 1 aromatic rings. The summed E-state index contributed by atoms with van der Waals surface area (Å²) in [5.41, 5.74) is 0.290. The quantitative estimate of drug-likeness (QED) is 0.839. The average molecular weight is 319 g/mol. The maximum atomic E-state index is 13.9. The van der Waals surface area contributed by atoms with Crippen molar-refractivity contribution in [3.8, 4) is 5.75 Å². The number of halogens is 2. The highest BCUT2D eigenvalue weighted by molar-refractivity contribution is 9.10. The van der Waals surface area contributed by atoms with Crippen LogP contribution in [-0.2, 0) is 0 Å². The number of hydrogen-bond donors (Lipinski definition) is 1. The molecule has 1 aromatic carbocycles. The molecule has 2 nitrogen and oxygen atoms in total. The zero-order valence-corrected chi connectivity index (χ0v) is 12.6. The predicted octanol–water partition coefficient (Wildman–Crippen LogP) is 4.46. The van der Waals surface area contributed by atoms with E-state index in [1.54, 1.807) is 6.07 Å². The van der Waals surface area contributed by atoms with E-state index in [2.05, 4.69) is 15.9 Å².